The number of nitrogens with zero attached hydrogens (tertiary/aromatic N) is 3. The number of H-pyrrole nitrogens is 1. The normalized spacial score (nSPS) is 19.2. The van der Waals surface area contributed by atoms with Crippen LogP contribution in [0.25, 0.3) is 28.0 Å². The molecule has 2 aliphatic rings. The van der Waals surface area contributed by atoms with E-state index < -0.39 is 11.5 Å². The number of nitrogens with two attached hydrogens (primary N) is 3. The molecule has 1 saturated carbocycles. The van der Waals surface area contributed by atoms with Crippen molar-refractivity contribution in [1.29, 1.82) is 0 Å². The fraction of sp³-hybridized carbons (Fsp3) is 0.406. The molecule has 44 heavy (non-hydrogen) atoms. The van der Waals surface area contributed by atoms with Gasteiger partial charge in [-0.3, -0.25) is 9.56 Å². The van der Waals surface area contributed by atoms with Crippen LogP contribution >= 0.6 is 23.4 Å². The van der Waals surface area contributed by atoms with Crippen molar-refractivity contribution in [3.05, 3.63) is 81.1 Å². The van der Waals surface area contributed by atoms with Gasteiger partial charge in [-0.05, 0) is 85.9 Å². The number of rotatable bonds is 11. The first kappa shape index (κ1) is 30.6. The van der Waals surface area contributed by atoms with Gasteiger partial charge in [0.25, 0.3) is 0 Å². The zero-order chi connectivity index (χ0) is 30.8. The van der Waals surface area contributed by atoms with Gasteiger partial charge in [-0.1, -0.05) is 23.7 Å². The minimum absolute atomic E-state index is 0.0706. The molecule has 4 aromatic rings. The van der Waals surface area contributed by atoms with Crippen LogP contribution in [-0.4, -0.2) is 50.6 Å². The summed E-state index contributed by atoms with van der Waals surface area (Å²) in [6.07, 6.45) is 7.66. The van der Waals surface area contributed by atoms with Crippen molar-refractivity contribution in [3.8, 4) is 16.9 Å². The van der Waals surface area contributed by atoms with Crippen LogP contribution in [0.15, 0.2) is 58.4 Å². The number of benzene rings is 2. The topological polar surface area (TPSA) is 153 Å². The van der Waals surface area contributed by atoms with Crippen molar-refractivity contribution in [3.63, 3.8) is 0 Å². The maximum absolute atomic E-state index is 15.2. The molecule has 6 rings (SSSR count). The lowest BCUT2D eigenvalue weighted by atomic mass is 10.00. The van der Waals surface area contributed by atoms with Crippen molar-refractivity contribution in [2.24, 2.45) is 28.1 Å². The van der Waals surface area contributed by atoms with Crippen LogP contribution in [0.5, 0.6) is 0 Å². The van der Waals surface area contributed by atoms with E-state index in [0.717, 1.165) is 48.3 Å². The lowest BCUT2D eigenvalue weighted by Gasteiger charge is -2.31. The van der Waals surface area contributed by atoms with E-state index in [-0.39, 0.29) is 23.1 Å². The van der Waals surface area contributed by atoms with Gasteiger partial charge in [0, 0.05) is 53.3 Å². The first-order valence-corrected chi connectivity index (χ1v) is 16.6. The van der Waals surface area contributed by atoms with Crippen LogP contribution in [0.1, 0.15) is 49.3 Å². The third-order valence-corrected chi connectivity index (χ3v) is 9.98. The predicted octanol–water partition coefficient (Wildman–Crippen LogP) is 4.64. The number of aliphatic imine (C=N–C) groups is 1. The zero-order valence-electron chi connectivity index (χ0n) is 24.4. The second-order valence-electron chi connectivity index (χ2n) is 11.9. The third-order valence-electron chi connectivity index (χ3n) is 8.50. The summed E-state index contributed by atoms with van der Waals surface area (Å²) in [5.74, 6) is 2.22. The second kappa shape index (κ2) is 13.3. The number of aromatic nitrogens is 3. The molecule has 0 spiro atoms. The van der Waals surface area contributed by atoms with Crippen LogP contribution in [0, 0.1) is 11.7 Å². The lowest BCUT2D eigenvalue weighted by molar-refractivity contribution is 0.457. The quantitative estimate of drug-likeness (QED) is 0.119. The Hall–Kier alpha value is -3.38. The second-order valence-corrected chi connectivity index (χ2v) is 13.3. The summed E-state index contributed by atoms with van der Waals surface area (Å²) in [5.41, 5.74) is 20.8. The minimum Gasteiger partial charge on any atom is -0.370 e. The first-order chi connectivity index (χ1) is 21.2. The SMILES string of the molecule is NC(N)=NCC[C@@H]1CSC[C@@H](c2ccc(-n3cc4cc(-c5cc(CCC[C@@H](N)C6CC6)cc(Cl)c5F)[nH]c4nc3=O)cc2)N1. The number of thioether (sulfide) groups is 1. The van der Waals surface area contributed by atoms with E-state index >= 15 is 4.39 Å². The molecule has 9 nitrogen and oxygen atoms in total. The van der Waals surface area contributed by atoms with Gasteiger partial charge >= 0.3 is 5.69 Å². The summed E-state index contributed by atoms with van der Waals surface area (Å²) >= 11 is 8.21. The Balaban J connectivity index is 1.18. The van der Waals surface area contributed by atoms with Gasteiger partial charge in [0.15, 0.2) is 11.8 Å². The van der Waals surface area contributed by atoms with Crippen LogP contribution in [0.4, 0.5) is 4.39 Å². The zero-order valence-corrected chi connectivity index (χ0v) is 26.0. The van der Waals surface area contributed by atoms with Crippen molar-refractivity contribution < 1.29 is 4.39 Å². The lowest BCUT2D eigenvalue weighted by Crippen LogP contribution is -2.40. The molecular weight excluding hydrogens is 599 g/mol. The number of fused-ring (bicyclic) bond motifs is 1. The van der Waals surface area contributed by atoms with E-state index in [4.69, 9.17) is 28.8 Å². The summed E-state index contributed by atoms with van der Waals surface area (Å²) in [4.78, 5) is 24.5. The fourth-order valence-corrected chi connectivity index (χ4v) is 7.35. The van der Waals surface area contributed by atoms with E-state index in [2.05, 4.69) is 20.3 Å². The van der Waals surface area contributed by atoms with Gasteiger partial charge < -0.3 is 27.5 Å². The summed E-state index contributed by atoms with van der Waals surface area (Å²) in [6, 6.07) is 14.0. The first-order valence-electron chi connectivity index (χ1n) is 15.1. The molecule has 2 fully saturated rings. The summed E-state index contributed by atoms with van der Waals surface area (Å²) in [5, 5.41) is 4.45. The minimum atomic E-state index is -0.504. The Morgan fingerprint density at radius 1 is 1.18 bits per heavy atom. The third kappa shape index (κ3) is 7.12. The average molecular weight is 637 g/mol. The number of hydrogen-bond donors (Lipinski definition) is 5. The van der Waals surface area contributed by atoms with Crippen molar-refractivity contribution in [2.75, 3.05) is 18.1 Å². The molecular formula is C32H38ClFN8OS. The van der Waals surface area contributed by atoms with E-state index in [1.54, 1.807) is 18.3 Å². The van der Waals surface area contributed by atoms with E-state index in [1.807, 2.05) is 42.1 Å². The molecule has 1 saturated heterocycles. The fourth-order valence-electron chi connectivity index (χ4n) is 5.90. The highest BCUT2D eigenvalue weighted by molar-refractivity contribution is 7.99. The maximum atomic E-state index is 15.2. The highest BCUT2D eigenvalue weighted by Gasteiger charge is 2.28. The molecule has 0 amide bonds. The molecule has 12 heteroatoms. The summed E-state index contributed by atoms with van der Waals surface area (Å²) in [7, 11) is 0. The highest BCUT2D eigenvalue weighted by Crippen LogP contribution is 2.34. The molecule has 3 atom stereocenters. The Kier molecular flexibility index (Phi) is 9.27. The molecule has 2 aromatic heterocycles. The molecule has 1 aliphatic heterocycles. The molecule has 2 aromatic carbocycles. The molecule has 0 bridgehead atoms. The van der Waals surface area contributed by atoms with Gasteiger partial charge in [-0.25, -0.2) is 9.18 Å². The van der Waals surface area contributed by atoms with Crippen LogP contribution in [0.3, 0.4) is 0 Å². The van der Waals surface area contributed by atoms with E-state index in [9.17, 15) is 4.79 Å². The van der Waals surface area contributed by atoms with Gasteiger partial charge in [-0.15, -0.1) is 0 Å². The number of nitrogens with one attached hydrogen (secondary N) is 2. The van der Waals surface area contributed by atoms with Crippen LogP contribution in [0.2, 0.25) is 5.02 Å². The number of aryl methyl sites for hydroxylation is 1. The van der Waals surface area contributed by atoms with Gasteiger partial charge in [-0.2, -0.15) is 16.7 Å². The Bertz CT molecular complexity index is 1710. The van der Waals surface area contributed by atoms with Gasteiger partial charge in [0.05, 0.1) is 16.4 Å². The predicted molar refractivity (Wildman–Crippen MR) is 178 cm³/mol. The number of halogens is 2. The van der Waals surface area contributed by atoms with Crippen molar-refractivity contribution in [2.45, 2.75) is 56.7 Å². The monoisotopic (exact) mass is 636 g/mol. The standard InChI is InChI=1S/C32H38ClFN8OS/c33-25-13-18(2-1-3-26(35)19-4-5-19)12-24(29(25)34)27-14-21-15-42(32(43)41-30(21)40-27)23-8-6-20(7-9-23)28-17-44-16-22(39-28)10-11-38-31(36)37/h6-9,12-15,19,22,26,28,39H,1-5,10-11,16-17,35H2,(H4,36,37,38)(H,40,41,43)/t22-,26-,28+/m1/s1. The summed E-state index contributed by atoms with van der Waals surface area (Å²) in [6.45, 7) is 0.589. The van der Waals surface area contributed by atoms with Crippen molar-refractivity contribution in [1.82, 2.24) is 19.9 Å². The van der Waals surface area contributed by atoms with Gasteiger partial charge in [0.1, 0.15) is 5.65 Å². The Morgan fingerprint density at radius 2 is 1.98 bits per heavy atom. The molecule has 1 aliphatic carbocycles. The van der Waals surface area contributed by atoms with E-state index in [1.165, 1.54) is 17.4 Å². The number of guanidine groups is 1. The molecule has 0 unspecified atom stereocenters. The highest BCUT2D eigenvalue weighted by atomic mass is 35.5. The summed E-state index contributed by atoms with van der Waals surface area (Å²) < 4.78 is 16.7. The molecule has 232 valence electrons. The van der Waals surface area contributed by atoms with Crippen LogP contribution in [-0.2, 0) is 6.42 Å². The molecule has 0 radical (unpaired) electrons. The molecule has 3 heterocycles. The number of aromatic amines is 1. The Labute approximate surface area is 264 Å². The largest absolute Gasteiger partial charge is 0.370 e. The van der Waals surface area contributed by atoms with Crippen LogP contribution < -0.4 is 28.2 Å². The maximum Gasteiger partial charge on any atom is 0.354 e. The van der Waals surface area contributed by atoms with Gasteiger partial charge in [0.2, 0.25) is 0 Å². The van der Waals surface area contributed by atoms with E-state index in [0.29, 0.717) is 46.5 Å². The average Bonchev–Trinajstić information content (AvgIpc) is 3.78. The van der Waals surface area contributed by atoms with Crippen molar-refractivity contribution >= 4 is 40.4 Å². The molecule has 8 N–H and O–H groups in total. The smallest absolute Gasteiger partial charge is 0.354 e. The Morgan fingerprint density at radius 3 is 2.73 bits per heavy atom. The number of hydrogen-bond acceptors (Lipinski definition) is 6.